The van der Waals surface area contributed by atoms with Gasteiger partial charge in [0, 0.05) is 11.8 Å². The van der Waals surface area contributed by atoms with Gasteiger partial charge in [0.1, 0.15) is 5.75 Å². The van der Waals surface area contributed by atoms with Crippen LogP contribution in [0, 0.1) is 0 Å². The van der Waals surface area contributed by atoms with Crippen LogP contribution in [-0.4, -0.2) is 24.2 Å². The number of hydrogen-bond donors (Lipinski definition) is 2. The lowest BCUT2D eigenvalue weighted by molar-refractivity contribution is 0.414. The Bertz CT molecular complexity index is 331. The third kappa shape index (κ3) is 5.44. The normalized spacial score (nSPS) is 12.8. The van der Waals surface area contributed by atoms with Gasteiger partial charge in [0.25, 0.3) is 0 Å². The number of thioether (sulfide) groups is 1. The van der Waals surface area contributed by atoms with E-state index in [0.29, 0.717) is 11.3 Å². The fraction of sp³-hybridized carbons (Fsp3) is 0.538. The van der Waals surface area contributed by atoms with E-state index < -0.39 is 0 Å². The van der Waals surface area contributed by atoms with Crippen molar-refractivity contribution in [1.29, 1.82) is 0 Å². The first-order valence-electron chi connectivity index (χ1n) is 5.86. The van der Waals surface area contributed by atoms with Gasteiger partial charge in [-0.15, -0.1) is 0 Å². The van der Waals surface area contributed by atoms with E-state index >= 15 is 0 Å². The minimum atomic E-state index is 0.300. The van der Waals surface area contributed by atoms with Crippen molar-refractivity contribution in [3.05, 3.63) is 29.8 Å². The molecule has 3 N–H and O–H groups in total. The summed E-state index contributed by atoms with van der Waals surface area (Å²) in [7, 11) is 1.69. The summed E-state index contributed by atoms with van der Waals surface area (Å²) in [6, 6.07) is 8.43. The highest BCUT2D eigenvalue weighted by Gasteiger charge is 2.09. The molecule has 17 heavy (non-hydrogen) atoms. The Labute approximate surface area is 108 Å². The monoisotopic (exact) mass is 254 g/mol. The van der Waals surface area contributed by atoms with Gasteiger partial charge in [-0.2, -0.15) is 11.8 Å². The van der Waals surface area contributed by atoms with Crippen molar-refractivity contribution in [3.63, 3.8) is 0 Å². The topological polar surface area (TPSA) is 47.3 Å². The molecule has 1 rings (SSSR count). The first kappa shape index (κ1) is 14.4. The van der Waals surface area contributed by atoms with Gasteiger partial charge in [-0.3, -0.25) is 11.3 Å². The summed E-state index contributed by atoms with van der Waals surface area (Å²) in [6.07, 6.45) is 0.924. The smallest absolute Gasteiger partial charge is 0.119 e. The summed E-state index contributed by atoms with van der Waals surface area (Å²) in [6.45, 7) is 4.40. The Morgan fingerprint density at radius 1 is 1.41 bits per heavy atom. The molecular formula is C13H22N2OS. The fourth-order valence-electron chi connectivity index (χ4n) is 1.56. The van der Waals surface area contributed by atoms with Crippen LogP contribution < -0.4 is 16.0 Å². The minimum Gasteiger partial charge on any atom is -0.497 e. The minimum absolute atomic E-state index is 0.300. The molecule has 0 amide bonds. The zero-order valence-corrected chi connectivity index (χ0v) is 11.6. The molecule has 0 heterocycles. The van der Waals surface area contributed by atoms with Crippen LogP contribution in [0.2, 0.25) is 0 Å². The third-order valence-corrected chi connectivity index (χ3v) is 3.74. The van der Waals surface area contributed by atoms with Gasteiger partial charge in [-0.1, -0.05) is 26.0 Å². The molecular weight excluding hydrogens is 232 g/mol. The Morgan fingerprint density at radius 3 is 2.76 bits per heavy atom. The van der Waals surface area contributed by atoms with Crippen molar-refractivity contribution in [1.82, 2.24) is 5.43 Å². The molecule has 0 fully saturated rings. The molecule has 0 aliphatic heterocycles. The number of ether oxygens (including phenoxy) is 1. The zero-order valence-electron chi connectivity index (χ0n) is 10.8. The van der Waals surface area contributed by atoms with Gasteiger partial charge in [0.2, 0.25) is 0 Å². The Balaban J connectivity index is 2.54. The molecule has 96 valence electrons. The van der Waals surface area contributed by atoms with E-state index in [4.69, 9.17) is 10.6 Å². The zero-order chi connectivity index (χ0) is 12.7. The number of nitrogens with one attached hydrogen (secondary N) is 1. The van der Waals surface area contributed by atoms with Crippen molar-refractivity contribution < 1.29 is 4.74 Å². The van der Waals surface area contributed by atoms with E-state index in [1.807, 2.05) is 23.9 Å². The van der Waals surface area contributed by atoms with Crippen LogP contribution in [-0.2, 0) is 6.42 Å². The number of benzene rings is 1. The van der Waals surface area contributed by atoms with Gasteiger partial charge < -0.3 is 4.74 Å². The van der Waals surface area contributed by atoms with Gasteiger partial charge in [-0.05, 0) is 29.4 Å². The molecule has 0 saturated heterocycles. The number of nitrogens with two attached hydrogens (primary N) is 1. The van der Waals surface area contributed by atoms with Crippen molar-refractivity contribution in [2.45, 2.75) is 31.6 Å². The lowest BCUT2D eigenvalue weighted by atomic mass is 10.1. The standard InChI is InChI=1S/C13H22N2OS/c1-10(2)17-9-12(15-14)7-11-5-4-6-13(8-11)16-3/h4-6,8,10,12,15H,7,9,14H2,1-3H3. The molecule has 1 aromatic rings. The molecule has 1 atom stereocenters. The molecule has 1 aromatic carbocycles. The van der Waals surface area contributed by atoms with E-state index in [1.165, 1.54) is 5.56 Å². The number of hydrazine groups is 1. The second-order valence-electron chi connectivity index (χ2n) is 4.30. The maximum atomic E-state index is 5.58. The highest BCUT2D eigenvalue weighted by molar-refractivity contribution is 7.99. The Kier molecular flexibility index (Phi) is 6.40. The fourth-order valence-corrected chi connectivity index (χ4v) is 2.39. The predicted octanol–water partition coefficient (Wildman–Crippen LogP) is 2.21. The molecule has 0 saturated carbocycles. The molecule has 0 aliphatic rings. The summed E-state index contributed by atoms with van der Waals surface area (Å²) in [5.74, 6) is 7.50. The highest BCUT2D eigenvalue weighted by atomic mass is 32.2. The molecule has 0 bridgehead atoms. The molecule has 1 unspecified atom stereocenters. The first-order valence-corrected chi connectivity index (χ1v) is 6.91. The average Bonchev–Trinajstić information content (AvgIpc) is 2.34. The molecule has 0 aromatic heterocycles. The van der Waals surface area contributed by atoms with E-state index in [1.54, 1.807) is 7.11 Å². The Hall–Kier alpha value is -0.710. The van der Waals surface area contributed by atoms with Crippen LogP contribution in [0.1, 0.15) is 19.4 Å². The summed E-state index contributed by atoms with van der Waals surface area (Å²) in [4.78, 5) is 0. The summed E-state index contributed by atoms with van der Waals surface area (Å²) in [5.41, 5.74) is 4.13. The number of methoxy groups -OCH3 is 1. The van der Waals surface area contributed by atoms with Crippen LogP contribution >= 0.6 is 11.8 Å². The molecule has 0 spiro atoms. The van der Waals surface area contributed by atoms with Crippen LogP contribution in [0.4, 0.5) is 0 Å². The van der Waals surface area contributed by atoms with E-state index in [2.05, 4.69) is 31.4 Å². The summed E-state index contributed by atoms with van der Waals surface area (Å²) in [5, 5.41) is 0.635. The maximum absolute atomic E-state index is 5.58. The highest BCUT2D eigenvalue weighted by Crippen LogP contribution is 2.16. The van der Waals surface area contributed by atoms with E-state index in [0.717, 1.165) is 17.9 Å². The maximum Gasteiger partial charge on any atom is 0.119 e. The van der Waals surface area contributed by atoms with Crippen LogP contribution in [0.5, 0.6) is 5.75 Å². The van der Waals surface area contributed by atoms with Gasteiger partial charge >= 0.3 is 0 Å². The van der Waals surface area contributed by atoms with Gasteiger partial charge in [-0.25, -0.2) is 0 Å². The summed E-state index contributed by atoms with van der Waals surface area (Å²) < 4.78 is 5.21. The van der Waals surface area contributed by atoms with Crippen molar-refractivity contribution in [3.8, 4) is 5.75 Å². The molecule has 3 nitrogen and oxygen atoms in total. The Morgan fingerprint density at radius 2 is 2.18 bits per heavy atom. The van der Waals surface area contributed by atoms with Crippen LogP contribution in [0.15, 0.2) is 24.3 Å². The lowest BCUT2D eigenvalue weighted by Crippen LogP contribution is -2.39. The van der Waals surface area contributed by atoms with Gasteiger partial charge in [0.15, 0.2) is 0 Å². The van der Waals surface area contributed by atoms with E-state index in [9.17, 15) is 0 Å². The van der Waals surface area contributed by atoms with Crippen LogP contribution in [0.3, 0.4) is 0 Å². The predicted molar refractivity (Wildman–Crippen MR) is 75.4 cm³/mol. The second kappa shape index (κ2) is 7.58. The quantitative estimate of drug-likeness (QED) is 0.578. The van der Waals surface area contributed by atoms with Crippen molar-refractivity contribution in [2.75, 3.05) is 12.9 Å². The third-order valence-electron chi connectivity index (χ3n) is 2.48. The molecule has 0 radical (unpaired) electrons. The van der Waals surface area contributed by atoms with Gasteiger partial charge in [0.05, 0.1) is 7.11 Å². The number of hydrogen-bond acceptors (Lipinski definition) is 4. The van der Waals surface area contributed by atoms with Crippen molar-refractivity contribution in [2.24, 2.45) is 5.84 Å². The van der Waals surface area contributed by atoms with Crippen LogP contribution in [0.25, 0.3) is 0 Å². The first-order chi connectivity index (χ1) is 8.15. The second-order valence-corrected chi connectivity index (χ2v) is 5.91. The average molecular weight is 254 g/mol. The van der Waals surface area contributed by atoms with Crippen molar-refractivity contribution >= 4 is 11.8 Å². The molecule has 0 aliphatic carbocycles. The summed E-state index contributed by atoms with van der Waals surface area (Å²) >= 11 is 1.92. The molecule has 4 heteroatoms. The lowest BCUT2D eigenvalue weighted by Gasteiger charge is -2.17. The number of rotatable bonds is 7. The largest absolute Gasteiger partial charge is 0.497 e. The SMILES string of the molecule is COc1cccc(CC(CSC(C)C)NN)c1. The van der Waals surface area contributed by atoms with E-state index in [-0.39, 0.29) is 0 Å².